The minimum atomic E-state index is -3.86. The molecule has 0 aliphatic carbocycles. The zero-order valence-corrected chi connectivity index (χ0v) is 12.9. The number of aromatic nitrogens is 1. The van der Waals surface area contributed by atoms with Crippen LogP contribution in [0.4, 0.5) is 5.69 Å². The van der Waals surface area contributed by atoms with E-state index < -0.39 is 10.0 Å². The van der Waals surface area contributed by atoms with Gasteiger partial charge in [0.1, 0.15) is 16.4 Å². The predicted octanol–water partition coefficient (Wildman–Crippen LogP) is 2.55. The van der Waals surface area contributed by atoms with Crippen LogP contribution in [0.25, 0.3) is 0 Å². The molecular formula is C13H13ClN2O4S. The van der Waals surface area contributed by atoms with Crippen molar-refractivity contribution in [2.75, 3.05) is 18.9 Å². The summed E-state index contributed by atoms with van der Waals surface area (Å²) in [5.41, 5.74) is 0.192. The molecule has 1 aromatic carbocycles. The topological polar surface area (TPSA) is 77.5 Å². The maximum atomic E-state index is 12.4. The summed E-state index contributed by atoms with van der Waals surface area (Å²) in [6.45, 7) is 0. The zero-order valence-electron chi connectivity index (χ0n) is 11.3. The highest BCUT2D eigenvalue weighted by Crippen LogP contribution is 2.30. The molecule has 0 unspecified atom stereocenters. The number of benzene rings is 1. The van der Waals surface area contributed by atoms with Crippen molar-refractivity contribution in [1.29, 1.82) is 0 Å². The third kappa shape index (κ3) is 3.37. The summed E-state index contributed by atoms with van der Waals surface area (Å²) in [5.74, 6) is 0.659. The lowest BCUT2D eigenvalue weighted by molar-refractivity contribution is 0.386. The Morgan fingerprint density at radius 1 is 1.19 bits per heavy atom. The number of nitrogens with zero attached hydrogens (tertiary/aromatic N) is 1. The van der Waals surface area contributed by atoms with Crippen LogP contribution in [0.5, 0.6) is 11.5 Å². The van der Waals surface area contributed by atoms with Crippen LogP contribution in [0, 0.1) is 0 Å². The number of halogens is 1. The van der Waals surface area contributed by atoms with Gasteiger partial charge in [-0.1, -0.05) is 11.6 Å². The molecule has 6 nitrogen and oxygen atoms in total. The van der Waals surface area contributed by atoms with Gasteiger partial charge >= 0.3 is 0 Å². The molecule has 112 valence electrons. The fourth-order valence-electron chi connectivity index (χ4n) is 1.65. The van der Waals surface area contributed by atoms with Crippen LogP contribution in [0.1, 0.15) is 0 Å². The maximum Gasteiger partial charge on any atom is 0.265 e. The molecule has 0 amide bonds. The Bertz CT molecular complexity index is 750. The van der Waals surface area contributed by atoms with E-state index in [0.29, 0.717) is 5.75 Å². The molecule has 1 heterocycles. The smallest absolute Gasteiger partial charge is 0.265 e. The van der Waals surface area contributed by atoms with Crippen LogP contribution in [-0.4, -0.2) is 27.6 Å². The van der Waals surface area contributed by atoms with Crippen LogP contribution in [0.3, 0.4) is 0 Å². The van der Waals surface area contributed by atoms with Gasteiger partial charge < -0.3 is 9.47 Å². The molecule has 0 spiro atoms. The number of nitrogens with one attached hydrogen (secondary N) is 1. The van der Waals surface area contributed by atoms with Gasteiger partial charge in [0.15, 0.2) is 0 Å². The Balaban J connectivity index is 2.42. The Kier molecular flexibility index (Phi) is 4.54. The van der Waals surface area contributed by atoms with Crippen molar-refractivity contribution in [1.82, 2.24) is 4.98 Å². The number of hydrogen-bond donors (Lipinski definition) is 1. The van der Waals surface area contributed by atoms with E-state index in [2.05, 4.69) is 9.71 Å². The van der Waals surface area contributed by atoms with Gasteiger partial charge in [-0.2, -0.15) is 0 Å². The quantitative estimate of drug-likeness (QED) is 0.912. The molecule has 0 saturated heterocycles. The lowest BCUT2D eigenvalue weighted by atomic mass is 10.3. The molecule has 0 fully saturated rings. The Labute approximate surface area is 127 Å². The Hall–Kier alpha value is -1.99. The summed E-state index contributed by atoms with van der Waals surface area (Å²) < 4.78 is 37.3. The molecule has 1 aromatic heterocycles. The fourth-order valence-corrected chi connectivity index (χ4v) is 3.07. The SMILES string of the molecule is COc1ccc(S(=O)(=O)Nc2cnccc2Cl)c(OC)c1. The molecule has 0 saturated carbocycles. The van der Waals surface area contributed by atoms with E-state index in [0.717, 1.165) is 0 Å². The van der Waals surface area contributed by atoms with E-state index in [1.807, 2.05) is 0 Å². The molecule has 0 radical (unpaired) electrons. The van der Waals surface area contributed by atoms with Gasteiger partial charge in [0.25, 0.3) is 10.0 Å². The summed E-state index contributed by atoms with van der Waals surface area (Å²) in [6.07, 6.45) is 2.80. The van der Waals surface area contributed by atoms with Crippen molar-refractivity contribution < 1.29 is 17.9 Å². The highest BCUT2D eigenvalue weighted by molar-refractivity contribution is 7.92. The van der Waals surface area contributed by atoms with E-state index in [4.69, 9.17) is 21.1 Å². The number of anilines is 1. The van der Waals surface area contributed by atoms with Gasteiger partial charge in [-0.15, -0.1) is 0 Å². The van der Waals surface area contributed by atoms with Crippen molar-refractivity contribution in [3.8, 4) is 11.5 Å². The van der Waals surface area contributed by atoms with E-state index in [9.17, 15) is 8.42 Å². The van der Waals surface area contributed by atoms with Gasteiger partial charge in [0.2, 0.25) is 0 Å². The third-order valence-electron chi connectivity index (χ3n) is 2.67. The average molecular weight is 329 g/mol. The van der Waals surface area contributed by atoms with Gasteiger partial charge in [0.05, 0.1) is 31.1 Å². The minimum absolute atomic E-state index is 0.0225. The Morgan fingerprint density at radius 2 is 1.95 bits per heavy atom. The Morgan fingerprint density at radius 3 is 2.57 bits per heavy atom. The van der Waals surface area contributed by atoms with E-state index in [1.54, 1.807) is 0 Å². The van der Waals surface area contributed by atoms with Crippen molar-refractivity contribution in [2.24, 2.45) is 0 Å². The van der Waals surface area contributed by atoms with Crippen LogP contribution in [-0.2, 0) is 10.0 Å². The molecular weight excluding hydrogens is 316 g/mol. The van der Waals surface area contributed by atoms with Crippen LogP contribution >= 0.6 is 11.6 Å². The van der Waals surface area contributed by atoms with Crippen molar-refractivity contribution in [3.05, 3.63) is 41.7 Å². The maximum absolute atomic E-state index is 12.4. The summed E-state index contributed by atoms with van der Waals surface area (Å²) in [4.78, 5) is 3.81. The first-order chi connectivity index (χ1) is 9.97. The zero-order chi connectivity index (χ0) is 15.5. The monoisotopic (exact) mass is 328 g/mol. The van der Waals surface area contributed by atoms with Crippen molar-refractivity contribution >= 4 is 27.3 Å². The second-order valence-corrected chi connectivity index (χ2v) is 6.04. The molecule has 1 N–H and O–H groups in total. The van der Waals surface area contributed by atoms with E-state index >= 15 is 0 Å². The van der Waals surface area contributed by atoms with Gasteiger partial charge in [-0.3, -0.25) is 9.71 Å². The molecule has 2 rings (SSSR count). The van der Waals surface area contributed by atoms with Crippen LogP contribution in [0.2, 0.25) is 5.02 Å². The van der Waals surface area contributed by atoms with Crippen LogP contribution in [0.15, 0.2) is 41.6 Å². The molecule has 0 atom stereocenters. The van der Waals surface area contributed by atoms with E-state index in [-0.39, 0.29) is 21.4 Å². The number of ether oxygens (including phenoxy) is 2. The lowest BCUT2D eigenvalue weighted by Gasteiger charge is -2.13. The predicted molar refractivity (Wildman–Crippen MR) is 79.6 cm³/mol. The van der Waals surface area contributed by atoms with Crippen LogP contribution < -0.4 is 14.2 Å². The fraction of sp³-hybridized carbons (Fsp3) is 0.154. The van der Waals surface area contributed by atoms with Crippen molar-refractivity contribution in [3.63, 3.8) is 0 Å². The number of sulfonamides is 1. The average Bonchev–Trinajstić information content (AvgIpc) is 2.48. The first-order valence-corrected chi connectivity index (χ1v) is 7.68. The molecule has 0 aliphatic heterocycles. The molecule has 2 aromatic rings. The molecule has 0 aliphatic rings. The summed E-state index contributed by atoms with van der Waals surface area (Å²) >= 11 is 5.92. The van der Waals surface area contributed by atoms with Crippen molar-refractivity contribution in [2.45, 2.75) is 4.90 Å². The summed E-state index contributed by atoms with van der Waals surface area (Å²) in [5, 5.41) is 0.251. The second kappa shape index (κ2) is 6.19. The standard InChI is InChI=1S/C13H13ClN2O4S/c1-19-9-3-4-13(12(7-9)20-2)21(17,18)16-11-8-15-6-5-10(11)14/h3-8,16H,1-2H3. The second-order valence-electron chi connectivity index (χ2n) is 3.98. The number of methoxy groups -OCH3 is 2. The van der Waals surface area contributed by atoms with Gasteiger partial charge in [-0.25, -0.2) is 8.42 Å². The minimum Gasteiger partial charge on any atom is -0.497 e. The number of rotatable bonds is 5. The molecule has 21 heavy (non-hydrogen) atoms. The molecule has 0 bridgehead atoms. The highest BCUT2D eigenvalue weighted by Gasteiger charge is 2.21. The number of hydrogen-bond acceptors (Lipinski definition) is 5. The largest absolute Gasteiger partial charge is 0.497 e. The molecule has 8 heteroatoms. The van der Waals surface area contributed by atoms with E-state index in [1.165, 1.54) is 50.9 Å². The van der Waals surface area contributed by atoms with Gasteiger partial charge in [0, 0.05) is 12.3 Å². The lowest BCUT2D eigenvalue weighted by Crippen LogP contribution is -2.14. The summed E-state index contributed by atoms with van der Waals surface area (Å²) in [6, 6.07) is 5.90. The van der Waals surface area contributed by atoms with Gasteiger partial charge in [-0.05, 0) is 18.2 Å². The number of pyridine rings is 1. The third-order valence-corrected chi connectivity index (χ3v) is 4.41. The normalized spacial score (nSPS) is 11.0. The highest BCUT2D eigenvalue weighted by atomic mass is 35.5. The first kappa shape index (κ1) is 15.4. The first-order valence-electron chi connectivity index (χ1n) is 5.82. The summed E-state index contributed by atoms with van der Waals surface area (Å²) in [7, 11) is -0.996.